The predicted octanol–water partition coefficient (Wildman–Crippen LogP) is 3.86. The van der Waals surface area contributed by atoms with E-state index in [1.807, 2.05) is 13.1 Å². The summed E-state index contributed by atoms with van der Waals surface area (Å²) in [5, 5.41) is 1.17. The van der Waals surface area contributed by atoms with Crippen molar-refractivity contribution >= 4 is 11.0 Å². The fourth-order valence-electron chi connectivity index (χ4n) is 2.87. The van der Waals surface area contributed by atoms with Gasteiger partial charge in [0.15, 0.2) is 0 Å². The van der Waals surface area contributed by atoms with Crippen LogP contribution < -0.4 is 4.74 Å². The van der Waals surface area contributed by atoms with Crippen molar-refractivity contribution in [3.05, 3.63) is 47.8 Å². The first-order valence-corrected chi connectivity index (χ1v) is 7.02. The fourth-order valence-corrected chi connectivity index (χ4v) is 2.87. The van der Waals surface area contributed by atoms with Gasteiger partial charge in [-0.3, -0.25) is 0 Å². The smallest absolute Gasteiger partial charge is 0.138 e. The lowest BCUT2D eigenvalue weighted by Gasteiger charge is -2.17. The first kappa shape index (κ1) is 11.5. The number of aromatic nitrogens is 2. The van der Waals surface area contributed by atoms with E-state index in [9.17, 15) is 0 Å². The Labute approximate surface area is 117 Å². The molecular weight excluding hydrogens is 248 g/mol. The summed E-state index contributed by atoms with van der Waals surface area (Å²) >= 11 is 0. The van der Waals surface area contributed by atoms with Crippen LogP contribution in [0.1, 0.15) is 17.7 Å². The summed E-state index contributed by atoms with van der Waals surface area (Å²) in [6.45, 7) is 2.85. The number of H-pyrrole nitrogens is 1. The molecule has 0 amide bonds. The van der Waals surface area contributed by atoms with Crippen LogP contribution in [0.5, 0.6) is 5.75 Å². The van der Waals surface area contributed by atoms with Crippen molar-refractivity contribution in [3.63, 3.8) is 0 Å². The molecular formula is C17H16N2O. The molecule has 0 fully saturated rings. The average Bonchev–Trinajstić information content (AvgIpc) is 2.89. The molecule has 0 aliphatic carbocycles. The normalized spacial score (nSPS) is 14.1. The largest absolute Gasteiger partial charge is 0.493 e. The molecule has 0 radical (unpaired) electrons. The average molecular weight is 264 g/mol. The number of nitrogens with one attached hydrogen (secondary N) is 1. The van der Waals surface area contributed by atoms with Gasteiger partial charge in [-0.05, 0) is 55.2 Å². The Morgan fingerprint density at radius 3 is 3.10 bits per heavy atom. The second kappa shape index (κ2) is 4.37. The minimum atomic E-state index is 0.836. The molecule has 3 nitrogen and oxygen atoms in total. The molecule has 3 aromatic rings. The topological polar surface area (TPSA) is 37.9 Å². The molecule has 0 spiro atoms. The number of ether oxygens (including phenoxy) is 1. The van der Waals surface area contributed by atoms with Gasteiger partial charge in [0, 0.05) is 22.8 Å². The highest BCUT2D eigenvalue weighted by atomic mass is 16.5. The zero-order chi connectivity index (χ0) is 13.5. The van der Waals surface area contributed by atoms with Gasteiger partial charge in [-0.15, -0.1) is 0 Å². The monoisotopic (exact) mass is 264 g/mol. The summed E-state index contributed by atoms with van der Waals surface area (Å²) in [6.07, 6.45) is 4.25. The van der Waals surface area contributed by atoms with E-state index in [1.165, 1.54) is 22.1 Å². The molecule has 4 rings (SSSR count). The number of aromatic amines is 1. The standard InChI is InChI=1S/C17H16N2O/c1-11-4-6-14-15(10-18-17(14)19-11)12-5-7-16-13(9-12)3-2-8-20-16/h4-7,9-10H,2-3,8H2,1H3,(H,18,19). The number of rotatable bonds is 1. The van der Waals surface area contributed by atoms with Gasteiger partial charge in [-0.25, -0.2) is 4.98 Å². The van der Waals surface area contributed by atoms with E-state index in [4.69, 9.17) is 4.74 Å². The number of hydrogen-bond acceptors (Lipinski definition) is 2. The fraction of sp³-hybridized carbons (Fsp3) is 0.235. The third-order valence-corrected chi connectivity index (χ3v) is 3.90. The molecule has 0 atom stereocenters. The first-order chi connectivity index (χ1) is 9.81. The number of aryl methyl sites for hydroxylation is 2. The highest BCUT2D eigenvalue weighted by Gasteiger charge is 2.13. The Balaban J connectivity index is 1.86. The molecule has 2 aromatic heterocycles. The summed E-state index contributed by atoms with van der Waals surface area (Å²) in [5.74, 6) is 1.04. The summed E-state index contributed by atoms with van der Waals surface area (Å²) in [6, 6.07) is 10.7. The second-order valence-corrected chi connectivity index (χ2v) is 5.33. The third-order valence-electron chi connectivity index (χ3n) is 3.90. The van der Waals surface area contributed by atoms with Crippen LogP contribution in [0.15, 0.2) is 36.5 Å². The van der Waals surface area contributed by atoms with E-state index in [2.05, 4.69) is 40.3 Å². The van der Waals surface area contributed by atoms with Crippen molar-refractivity contribution in [3.8, 4) is 16.9 Å². The Morgan fingerprint density at radius 1 is 1.20 bits per heavy atom. The number of fused-ring (bicyclic) bond motifs is 2. The molecule has 1 aliphatic rings. The van der Waals surface area contributed by atoms with Gasteiger partial charge in [0.2, 0.25) is 0 Å². The van der Waals surface area contributed by atoms with Crippen molar-refractivity contribution in [2.24, 2.45) is 0 Å². The van der Waals surface area contributed by atoms with Crippen LogP contribution in [-0.4, -0.2) is 16.6 Å². The van der Waals surface area contributed by atoms with Crippen molar-refractivity contribution in [1.29, 1.82) is 0 Å². The summed E-state index contributed by atoms with van der Waals surface area (Å²) < 4.78 is 5.68. The van der Waals surface area contributed by atoms with Crippen LogP contribution in [0.3, 0.4) is 0 Å². The number of hydrogen-bond donors (Lipinski definition) is 1. The van der Waals surface area contributed by atoms with Crippen LogP contribution in [0.4, 0.5) is 0 Å². The molecule has 3 heteroatoms. The van der Waals surface area contributed by atoms with Gasteiger partial charge in [0.25, 0.3) is 0 Å². The van der Waals surface area contributed by atoms with Crippen LogP contribution in [0.2, 0.25) is 0 Å². The molecule has 1 N–H and O–H groups in total. The first-order valence-electron chi connectivity index (χ1n) is 7.02. The molecule has 0 bridgehead atoms. The van der Waals surface area contributed by atoms with Gasteiger partial charge in [0.1, 0.15) is 11.4 Å². The van der Waals surface area contributed by atoms with Crippen LogP contribution in [0.25, 0.3) is 22.2 Å². The van der Waals surface area contributed by atoms with Crippen LogP contribution in [0, 0.1) is 6.92 Å². The third kappa shape index (κ3) is 1.78. The Kier molecular flexibility index (Phi) is 2.52. The van der Waals surface area contributed by atoms with Gasteiger partial charge in [-0.1, -0.05) is 6.07 Å². The van der Waals surface area contributed by atoms with E-state index in [0.717, 1.165) is 36.5 Å². The van der Waals surface area contributed by atoms with Crippen molar-refractivity contribution in [1.82, 2.24) is 9.97 Å². The maximum atomic E-state index is 5.68. The van der Waals surface area contributed by atoms with E-state index in [0.29, 0.717) is 0 Å². The maximum absolute atomic E-state index is 5.68. The zero-order valence-corrected chi connectivity index (χ0v) is 11.4. The zero-order valence-electron chi connectivity index (χ0n) is 11.4. The lowest BCUT2D eigenvalue weighted by atomic mass is 9.99. The van der Waals surface area contributed by atoms with Gasteiger partial charge < -0.3 is 9.72 Å². The minimum absolute atomic E-state index is 0.836. The van der Waals surface area contributed by atoms with E-state index < -0.39 is 0 Å². The maximum Gasteiger partial charge on any atom is 0.138 e. The summed E-state index contributed by atoms with van der Waals surface area (Å²) in [7, 11) is 0. The van der Waals surface area contributed by atoms with Crippen molar-refractivity contribution in [2.45, 2.75) is 19.8 Å². The quantitative estimate of drug-likeness (QED) is 0.724. The predicted molar refractivity (Wildman–Crippen MR) is 80.1 cm³/mol. The van der Waals surface area contributed by atoms with E-state index >= 15 is 0 Å². The Hall–Kier alpha value is -2.29. The minimum Gasteiger partial charge on any atom is -0.493 e. The van der Waals surface area contributed by atoms with E-state index in [-0.39, 0.29) is 0 Å². The summed E-state index contributed by atoms with van der Waals surface area (Å²) in [5.41, 5.74) is 5.73. The van der Waals surface area contributed by atoms with Gasteiger partial charge in [0.05, 0.1) is 6.61 Å². The molecule has 3 heterocycles. The van der Waals surface area contributed by atoms with Crippen molar-refractivity contribution in [2.75, 3.05) is 6.61 Å². The highest BCUT2D eigenvalue weighted by Crippen LogP contribution is 2.33. The number of benzene rings is 1. The van der Waals surface area contributed by atoms with Crippen LogP contribution >= 0.6 is 0 Å². The van der Waals surface area contributed by atoms with Crippen LogP contribution in [-0.2, 0) is 6.42 Å². The molecule has 1 aliphatic heterocycles. The highest BCUT2D eigenvalue weighted by molar-refractivity contribution is 5.93. The van der Waals surface area contributed by atoms with Gasteiger partial charge >= 0.3 is 0 Å². The molecule has 0 saturated heterocycles. The molecule has 0 saturated carbocycles. The van der Waals surface area contributed by atoms with Crippen molar-refractivity contribution < 1.29 is 4.74 Å². The molecule has 0 unspecified atom stereocenters. The lowest BCUT2D eigenvalue weighted by molar-refractivity contribution is 0.288. The lowest BCUT2D eigenvalue weighted by Crippen LogP contribution is -2.07. The van der Waals surface area contributed by atoms with Gasteiger partial charge in [-0.2, -0.15) is 0 Å². The molecule has 20 heavy (non-hydrogen) atoms. The molecule has 1 aromatic carbocycles. The second-order valence-electron chi connectivity index (χ2n) is 5.33. The number of nitrogens with zero attached hydrogens (tertiary/aromatic N) is 1. The Bertz CT molecular complexity index is 789. The van der Waals surface area contributed by atoms with E-state index in [1.54, 1.807) is 0 Å². The summed E-state index contributed by atoms with van der Waals surface area (Å²) in [4.78, 5) is 7.79. The Morgan fingerprint density at radius 2 is 2.15 bits per heavy atom. The number of pyridine rings is 1. The molecule has 100 valence electrons. The SMILES string of the molecule is Cc1ccc2c(-c3ccc4c(c3)CCCO4)c[nH]c2n1.